The van der Waals surface area contributed by atoms with Crippen LogP contribution in [0.2, 0.25) is 0 Å². The molecule has 29 heavy (non-hydrogen) atoms. The summed E-state index contributed by atoms with van der Waals surface area (Å²) in [7, 11) is 8.28. The van der Waals surface area contributed by atoms with Crippen molar-refractivity contribution in [1.29, 1.82) is 0 Å². The molecule has 2 aromatic rings. The van der Waals surface area contributed by atoms with Crippen LogP contribution in [0, 0.1) is 0 Å². The number of para-hydroxylation sites is 1. The second kappa shape index (κ2) is 13.0. The molecule has 0 aliphatic rings. The van der Waals surface area contributed by atoms with E-state index in [4.69, 9.17) is 18.9 Å². The molecular formula is C21H30IN3O4. The van der Waals surface area contributed by atoms with Crippen molar-refractivity contribution in [3.8, 4) is 23.0 Å². The smallest absolute Gasteiger partial charge is 0.191 e. The van der Waals surface area contributed by atoms with Gasteiger partial charge in [0.1, 0.15) is 0 Å². The van der Waals surface area contributed by atoms with Gasteiger partial charge in [0.25, 0.3) is 0 Å². The maximum atomic E-state index is 5.47. The molecule has 0 heterocycles. The van der Waals surface area contributed by atoms with Crippen LogP contribution in [-0.4, -0.2) is 48.0 Å². The minimum atomic E-state index is 0. The van der Waals surface area contributed by atoms with Gasteiger partial charge < -0.3 is 29.6 Å². The molecule has 0 fully saturated rings. The van der Waals surface area contributed by atoms with E-state index in [1.807, 2.05) is 36.4 Å². The zero-order valence-electron chi connectivity index (χ0n) is 17.6. The first-order valence-corrected chi connectivity index (χ1v) is 9.02. The molecule has 0 saturated heterocycles. The largest absolute Gasteiger partial charge is 0.493 e. The molecule has 2 rings (SSSR count). The van der Waals surface area contributed by atoms with Gasteiger partial charge in [0.05, 0.1) is 28.4 Å². The van der Waals surface area contributed by atoms with Crippen LogP contribution in [0.15, 0.2) is 41.4 Å². The van der Waals surface area contributed by atoms with Gasteiger partial charge in [0, 0.05) is 25.7 Å². The summed E-state index contributed by atoms with van der Waals surface area (Å²) < 4.78 is 21.4. The molecule has 7 nitrogen and oxygen atoms in total. The predicted octanol–water partition coefficient (Wildman–Crippen LogP) is 3.25. The van der Waals surface area contributed by atoms with Gasteiger partial charge in [-0.1, -0.05) is 18.2 Å². The lowest BCUT2D eigenvalue weighted by Crippen LogP contribution is -2.37. The highest BCUT2D eigenvalue weighted by Gasteiger charge is 2.10. The number of hydrogen-bond donors (Lipinski definition) is 2. The van der Waals surface area contributed by atoms with Gasteiger partial charge >= 0.3 is 0 Å². The second-order valence-corrected chi connectivity index (χ2v) is 5.94. The first-order valence-electron chi connectivity index (χ1n) is 9.02. The Bertz CT molecular complexity index is 799. The Morgan fingerprint density at radius 2 is 1.59 bits per heavy atom. The number of halogens is 1. The Hall–Kier alpha value is -2.36. The second-order valence-electron chi connectivity index (χ2n) is 5.94. The Labute approximate surface area is 189 Å². The van der Waals surface area contributed by atoms with E-state index < -0.39 is 0 Å². The number of methoxy groups -OCH3 is 4. The van der Waals surface area contributed by atoms with Gasteiger partial charge in [-0.05, 0) is 30.2 Å². The fraction of sp³-hybridized carbons (Fsp3) is 0.381. The molecule has 0 unspecified atom stereocenters. The first kappa shape index (κ1) is 24.7. The van der Waals surface area contributed by atoms with Crippen molar-refractivity contribution in [2.24, 2.45) is 4.99 Å². The molecular weight excluding hydrogens is 485 g/mol. The Morgan fingerprint density at radius 1 is 0.862 bits per heavy atom. The standard InChI is InChI=1S/C21H29N3O4.HI/c1-22-21(24-14-16-7-6-8-18(26-3)20(16)28-5)23-12-11-15-9-10-17(25-2)19(13-15)27-4;/h6-10,13H,11-12,14H2,1-5H3,(H2,22,23,24);1H. The van der Waals surface area contributed by atoms with Gasteiger partial charge in [-0.15, -0.1) is 24.0 Å². The molecule has 0 radical (unpaired) electrons. The van der Waals surface area contributed by atoms with Crippen molar-refractivity contribution in [2.75, 3.05) is 42.0 Å². The third kappa shape index (κ3) is 6.88. The summed E-state index contributed by atoms with van der Waals surface area (Å²) in [5.74, 6) is 3.60. The minimum Gasteiger partial charge on any atom is -0.493 e. The van der Waals surface area contributed by atoms with E-state index in [1.165, 1.54) is 0 Å². The van der Waals surface area contributed by atoms with Crippen molar-refractivity contribution in [2.45, 2.75) is 13.0 Å². The van der Waals surface area contributed by atoms with Gasteiger partial charge in [-0.2, -0.15) is 0 Å². The number of rotatable bonds is 9. The van der Waals surface area contributed by atoms with Gasteiger partial charge in [-0.25, -0.2) is 0 Å². The van der Waals surface area contributed by atoms with E-state index in [1.54, 1.807) is 35.5 Å². The van der Waals surface area contributed by atoms with Crippen molar-refractivity contribution >= 4 is 29.9 Å². The lowest BCUT2D eigenvalue weighted by atomic mass is 10.1. The average molecular weight is 515 g/mol. The van der Waals surface area contributed by atoms with Crippen molar-refractivity contribution in [3.63, 3.8) is 0 Å². The first-order chi connectivity index (χ1) is 13.7. The van der Waals surface area contributed by atoms with Gasteiger partial charge in [0.15, 0.2) is 29.0 Å². The van der Waals surface area contributed by atoms with E-state index in [0.29, 0.717) is 18.3 Å². The number of nitrogens with zero attached hydrogens (tertiary/aromatic N) is 1. The summed E-state index contributed by atoms with van der Waals surface area (Å²) in [4.78, 5) is 4.27. The number of benzene rings is 2. The number of nitrogens with one attached hydrogen (secondary N) is 2. The van der Waals surface area contributed by atoms with E-state index in [0.717, 1.165) is 41.3 Å². The van der Waals surface area contributed by atoms with Crippen LogP contribution < -0.4 is 29.6 Å². The monoisotopic (exact) mass is 515 g/mol. The number of aliphatic imine (C=N–C) groups is 1. The lowest BCUT2D eigenvalue weighted by Gasteiger charge is -2.15. The Morgan fingerprint density at radius 3 is 2.21 bits per heavy atom. The van der Waals surface area contributed by atoms with Crippen LogP contribution in [0.1, 0.15) is 11.1 Å². The maximum Gasteiger partial charge on any atom is 0.191 e. The quantitative estimate of drug-likeness (QED) is 0.304. The molecule has 0 spiro atoms. The van der Waals surface area contributed by atoms with Crippen molar-refractivity contribution in [3.05, 3.63) is 47.5 Å². The number of ether oxygens (including phenoxy) is 4. The Kier molecular flexibility index (Phi) is 11.0. The number of hydrogen-bond acceptors (Lipinski definition) is 5. The fourth-order valence-electron chi connectivity index (χ4n) is 2.85. The summed E-state index contributed by atoms with van der Waals surface area (Å²) in [5.41, 5.74) is 2.14. The summed E-state index contributed by atoms with van der Waals surface area (Å²) in [6, 6.07) is 11.7. The van der Waals surface area contributed by atoms with Crippen molar-refractivity contribution in [1.82, 2.24) is 10.6 Å². The summed E-state index contributed by atoms with van der Waals surface area (Å²) in [6.07, 6.45) is 0.823. The summed E-state index contributed by atoms with van der Waals surface area (Å²) >= 11 is 0. The minimum absolute atomic E-state index is 0. The SMILES string of the molecule is CN=C(NCCc1ccc(OC)c(OC)c1)NCc1cccc(OC)c1OC.I. The van der Waals surface area contributed by atoms with E-state index >= 15 is 0 Å². The maximum absolute atomic E-state index is 5.47. The molecule has 2 aromatic carbocycles. The molecule has 8 heteroatoms. The van der Waals surface area contributed by atoms with E-state index in [9.17, 15) is 0 Å². The third-order valence-electron chi connectivity index (χ3n) is 4.31. The van der Waals surface area contributed by atoms with E-state index in [2.05, 4.69) is 15.6 Å². The van der Waals surface area contributed by atoms with Crippen LogP contribution in [0.5, 0.6) is 23.0 Å². The van der Waals surface area contributed by atoms with E-state index in [-0.39, 0.29) is 24.0 Å². The Balaban J connectivity index is 0.00000420. The molecule has 0 amide bonds. The highest BCUT2D eigenvalue weighted by atomic mass is 127. The zero-order chi connectivity index (χ0) is 20.4. The average Bonchev–Trinajstić information content (AvgIpc) is 2.75. The molecule has 0 aliphatic carbocycles. The van der Waals surface area contributed by atoms with Crippen LogP contribution in [0.4, 0.5) is 0 Å². The summed E-state index contributed by atoms with van der Waals surface area (Å²) in [6.45, 7) is 1.29. The summed E-state index contributed by atoms with van der Waals surface area (Å²) in [5, 5.41) is 6.61. The highest BCUT2D eigenvalue weighted by Crippen LogP contribution is 2.30. The number of guanidine groups is 1. The normalized spacial score (nSPS) is 10.6. The molecule has 0 atom stereocenters. The molecule has 0 bridgehead atoms. The predicted molar refractivity (Wildman–Crippen MR) is 126 cm³/mol. The van der Waals surface area contributed by atoms with Crippen LogP contribution in [-0.2, 0) is 13.0 Å². The molecule has 0 aromatic heterocycles. The van der Waals surface area contributed by atoms with Crippen LogP contribution in [0.3, 0.4) is 0 Å². The topological polar surface area (TPSA) is 73.3 Å². The third-order valence-corrected chi connectivity index (χ3v) is 4.31. The van der Waals surface area contributed by atoms with Gasteiger partial charge in [-0.3, -0.25) is 4.99 Å². The van der Waals surface area contributed by atoms with Crippen LogP contribution in [0.25, 0.3) is 0 Å². The zero-order valence-corrected chi connectivity index (χ0v) is 19.9. The molecule has 0 saturated carbocycles. The highest BCUT2D eigenvalue weighted by molar-refractivity contribution is 14.0. The molecule has 160 valence electrons. The molecule has 0 aliphatic heterocycles. The van der Waals surface area contributed by atoms with Gasteiger partial charge in [0.2, 0.25) is 0 Å². The van der Waals surface area contributed by atoms with Crippen molar-refractivity contribution < 1.29 is 18.9 Å². The molecule has 2 N–H and O–H groups in total. The lowest BCUT2D eigenvalue weighted by molar-refractivity contribution is 0.351. The van der Waals surface area contributed by atoms with Crippen LogP contribution >= 0.6 is 24.0 Å². The fourth-order valence-corrected chi connectivity index (χ4v) is 2.85.